The summed E-state index contributed by atoms with van der Waals surface area (Å²) in [6, 6.07) is 8.51. The van der Waals surface area contributed by atoms with Crippen LogP contribution in [0.3, 0.4) is 0 Å². The molecule has 0 fully saturated rings. The Morgan fingerprint density at radius 3 is 2.48 bits per heavy atom. The van der Waals surface area contributed by atoms with E-state index in [9.17, 15) is 4.39 Å². The van der Waals surface area contributed by atoms with Gasteiger partial charge in [0.15, 0.2) is 0 Å². The van der Waals surface area contributed by atoms with E-state index in [2.05, 4.69) is 34.4 Å². The number of benzene rings is 1. The molecule has 0 aliphatic heterocycles. The third kappa shape index (κ3) is 6.22. The molecule has 1 aromatic heterocycles. The van der Waals surface area contributed by atoms with Crippen LogP contribution in [0.15, 0.2) is 30.3 Å². The standard InChI is InChI=1S/C18H25FN4/c1-13(2)8-10-20-17-12-14(3)22-18(23-17)21-11-9-15-4-6-16(19)7-5-15/h4-7,12-13H,8-11H2,1-3H3,(H2,20,21,22,23). The summed E-state index contributed by atoms with van der Waals surface area (Å²) in [5.74, 6) is 1.93. The smallest absolute Gasteiger partial charge is 0.224 e. The van der Waals surface area contributed by atoms with E-state index in [4.69, 9.17) is 0 Å². The van der Waals surface area contributed by atoms with Gasteiger partial charge in [-0.1, -0.05) is 26.0 Å². The fourth-order valence-corrected chi connectivity index (χ4v) is 2.20. The number of nitrogens with zero attached hydrogens (tertiary/aromatic N) is 2. The molecular formula is C18H25FN4. The monoisotopic (exact) mass is 316 g/mol. The van der Waals surface area contributed by atoms with Crippen molar-refractivity contribution < 1.29 is 4.39 Å². The summed E-state index contributed by atoms with van der Waals surface area (Å²) < 4.78 is 12.9. The van der Waals surface area contributed by atoms with Crippen molar-refractivity contribution in [2.45, 2.75) is 33.6 Å². The second-order valence-electron chi connectivity index (χ2n) is 6.13. The Morgan fingerprint density at radius 1 is 1.04 bits per heavy atom. The van der Waals surface area contributed by atoms with E-state index in [-0.39, 0.29) is 5.82 Å². The molecule has 0 spiro atoms. The van der Waals surface area contributed by atoms with Crippen molar-refractivity contribution in [1.29, 1.82) is 0 Å². The summed E-state index contributed by atoms with van der Waals surface area (Å²) in [5, 5.41) is 6.57. The van der Waals surface area contributed by atoms with Crippen molar-refractivity contribution in [3.05, 3.63) is 47.4 Å². The van der Waals surface area contributed by atoms with Crippen LogP contribution in [-0.4, -0.2) is 23.1 Å². The molecule has 0 aliphatic rings. The van der Waals surface area contributed by atoms with Gasteiger partial charge in [0.05, 0.1) is 0 Å². The van der Waals surface area contributed by atoms with Crippen LogP contribution in [0.4, 0.5) is 16.2 Å². The lowest BCUT2D eigenvalue weighted by atomic mass is 10.1. The lowest BCUT2D eigenvalue weighted by Crippen LogP contribution is -2.11. The van der Waals surface area contributed by atoms with Gasteiger partial charge >= 0.3 is 0 Å². The molecule has 0 unspecified atom stereocenters. The van der Waals surface area contributed by atoms with Crippen LogP contribution >= 0.6 is 0 Å². The van der Waals surface area contributed by atoms with Crippen molar-refractivity contribution in [2.75, 3.05) is 23.7 Å². The Morgan fingerprint density at radius 2 is 1.78 bits per heavy atom. The van der Waals surface area contributed by atoms with Gasteiger partial charge in [0, 0.05) is 24.8 Å². The third-order valence-corrected chi connectivity index (χ3v) is 3.49. The number of halogens is 1. The minimum Gasteiger partial charge on any atom is -0.370 e. The molecule has 2 N–H and O–H groups in total. The van der Waals surface area contributed by atoms with Gasteiger partial charge in [-0.05, 0) is 43.4 Å². The molecule has 0 atom stereocenters. The lowest BCUT2D eigenvalue weighted by molar-refractivity contribution is 0.606. The first kappa shape index (κ1) is 17.2. The summed E-state index contributed by atoms with van der Waals surface area (Å²) in [4.78, 5) is 8.88. The van der Waals surface area contributed by atoms with Crippen molar-refractivity contribution in [2.24, 2.45) is 5.92 Å². The number of aromatic nitrogens is 2. The van der Waals surface area contributed by atoms with E-state index in [0.29, 0.717) is 18.4 Å². The molecule has 0 amide bonds. The first-order valence-electron chi connectivity index (χ1n) is 8.11. The molecule has 0 saturated heterocycles. The number of anilines is 2. The number of rotatable bonds is 8. The molecule has 5 heteroatoms. The molecular weight excluding hydrogens is 291 g/mol. The van der Waals surface area contributed by atoms with Gasteiger partial charge < -0.3 is 10.6 Å². The molecule has 0 saturated carbocycles. The number of hydrogen-bond donors (Lipinski definition) is 2. The van der Waals surface area contributed by atoms with Crippen molar-refractivity contribution in [3.8, 4) is 0 Å². The molecule has 1 aromatic carbocycles. The quantitative estimate of drug-likeness (QED) is 0.772. The Bertz CT molecular complexity index is 611. The third-order valence-electron chi connectivity index (χ3n) is 3.49. The van der Waals surface area contributed by atoms with Gasteiger partial charge in [-0.2, -0.15) is 4.98 Å². The van der Waals surface area contributed by atoms with Crippen molar-refractivity contribution >= 4 is 11.8 Å². The molecule has 0 aliphatic carbocycles. The van der Waals surface area contributed by atoms with Crippen molar-refractivity contribution in [1.82, 2.24) is 9.97 Å². The zero-order valence-corrected chi connectivity index (χ0v) is 14.1. The van der Waals surface area contributed by atoms with Crippen molar-refractivity contribution in [3.63, 3.8) is 0 Å². The average Bonchev–Trinajstić information content (AvgIpc) is 2.48. The van der Waals surface area contributed by atoms with Gasteiger partial charge in [0.2, 0.25) is 5.95 Å². The predicted molar refractivity (Wildman–Crippen MR) is 93.3 cm³/mol. The molecule has 23 heavy (non-hydrogen) atoms. The van der Waals surface area contributed by atoms with E-state index in [1.165, 1.54) is 12.1 Å². The largest absolute Gasteiger partial charge is 0.370 e. The summed E-state index contributed by atoms with van der Waals surface area (Å²) >= 11 is 0. The minimum absolute atomic E-state index is 0.208. The average molecular weight is 316 g/mol. The second kappa shape index (κ2) is 8.46. The number of nitrogens with one attached hydrogen (secondary N) is 2. The van der Waals surface area contributed by atoms with Gasteiger partial charge in [-0.15, -0.1) is 0 Å². The number of hydrogen-bond acceptors (Lipinski definition) is 4. The van der Waals surface area contributed by atoms with Gasteiger partial charge in [-0.3, -0.25) is 0 Å². The van der Waals surface area contributed by atoms with Gasteiger partial charge in [0.25, 0.3) is 0 Å². The van der Waals surface area contributed by atoms with Crippen LogP contribution in [0.1, 0.15) is 31.5 Å². The maximum Gasteiger partial charge on any atom is 0.224 e. The molecule has 124 valence electrons. The van der Waals surface area contributed by atoms with Crippen LogP contribution in [0, 0.1) is 18.7 Å². The maximum atomic E-state index is 12.9. The van der Waals surface area contributed by atoms with E-state index in [1.54, 1.807) is 12.1 Å². The maximum absolute atomic E-state index is 12.9. The molecule has 2 aromatic rings. The molecule has 4 nitrogen and oxygen atoms in total. The Hall–Kier alpha value is -2.17. The second-order valence-corrected chi connectivity index (χ2v) is 6.13. The molecule has 0 bridgehead atoms. The van der Waals surface area contributed by atoms with Crippen LogP contribution < -0.4 is 10.6 Å². The highest BCUT2D eigenvalue weighted by Crippen LogP contribution is 2.11. The van der Waals surface area contributed by atoms with Crippen LogP contribution in [0.25, 0.3) is 0 Å². The SMILES string of the molecule is Cc1cc(NCCC(C)C)nc(NCCc2ccc(F)cc2)n1. The first-order chi connectivity index (χ1) is 11.0. The summed E-state index contributed by atoms with van der Waals surface area (Å²) in [6.45, 7) is 7.98. The Kier molecular flexibility index (Phi) is 6.32. The van der Waals surface area contributed by atoms with Crippen LogP contribution in [0.2, 0.25) is 0 Å². The minimum atomic E-state index is -0.208. The van der Waals surface area contributed by atoms with E-state index < -0.39 is 0 Å². The zero-order chi connectivity index (χ0) is 16.7. The van der Waals surface area contributed by atoms with E-state index >= 15 is 0 Å². The Labute approximate surface area is 137 Å². The lowest BCUT2D eigenvalue weighted by Gasteiger charge is -2.11. The van der Waals surface area contributed by atoms with Gasteiger partial charge in [0.1, 0.15) is 11.6 Å². The summed E-state index contributed by atoms with van der Waals surface area (Å²) in [6.07, 6.45) is 1.91. The van der Waals surface area contributed by atoms with Crippen LogP contribution in [-0.2, 0) is 6.42 Å². The highest BCUT2D eigenvalue weighted by Gasteiger charge is 2.03. The van der Waals surface area contributed by atoms with Crippen LogP contribution in [0.5, 0.6) is 0 Å². The fraction of sp³-hybridized carbons (Fsp3) is 0.444. The van der Waals surface area contributed by atoms with Gasteiger partial charge in [-0.25, -0.2) is 9.37 Å². The van der Waals surface area contributed by atoms with E-state index in [0.717, 1.165) is 36.5 Å². The zero-order valence-electron chi connectivity index (χ0n) is 14.1. The topological polar surface area (TPSA) is 49.8 Å². The highest BCUT2D eigenvalue weighted by molar-refractivity contribution is 5.42. The van der Waals surface area contributed by atoms with E-state index in [1.807, 2.05) is 13.0 Å². The summed E-state index contributed by atoms with van der Waals surface area (Å²) in [7, 11) is 0. The first-order valence-corrected chi connectivity index (χ1v) is 8.11. The highest BCUT2D eigenvalue weighted by atomic mass is 19.1. The fourth-order valence-electron chi connectivity index (χ4n) is 2.20. The summed E-state index contributed by atoms with van der Waals surface area (Å²) in [5.41, 5.74) is 2.01. The molecule has 2 rings (SSSR count). The molecule has 1 heterocycles. The normalized spacial score (nSPS) is 10.8. The predicted octanol–water partition coefficient (Wildman–Crippen LogP) is 4.04. The molecule has 0 radical (unpaired) electrons. The Balaban J connectivity index is 1.86. The number of aryl methyl sites for hydroxylation is 1.